The molecule has 2 rings (SSSR count). The Balaban J connectivity index is 2.27. The first kappa shape index (κ1) is 9.52. The van der Waals surface area contributed by atoms with Gasteiger partial charge in [0.05, 0.1) is 5.92 Å². The monoisotopic (exact) mass is 255 g/mol. The van der Waals surface area contributed by atoms with Crippen LogP contribution in [0.25, 0.3) is 0 Å². The lowest BCUT2D eigenvalue weighted by Gasteiger charge is -2.23. The fraction of sp³-hybridized carbons (Fsp3) is 0.300. The summed E-state index contributed by atoms with van der Waals surface area (Å²) in [5, 5.41) is 12.0. The van der Waals surface area contributed by atoms with Crippen molar-refractivity contribution in [2.45, 2.75) is 6.42 Å². The Kier molecular flexibility index (Phi) is 2.46. The highest BCUT2D eigenvalue weighted by atomic mass is 79.9. The third kappa shape index (κ3) is 1.75. The van der Waals surface area contributed by atoms with E-state index in [4.69, 9.17) is 5.11 Å². The fourth-order valence-electron chi connectivity index (χ4n) is 1.64. The zero-order valence-corrected chi connectivity index (χ0v) is 9.04. The highest BCUT2D eigenvalue weighted by Crippen LogP contribution is 2.27. The molecule has 14 heavy (non-hydrogen) atoms. The summed E-state index contributed by atoms with van der Waals surface area (Å²) in [6, 6.07) is 5.87. The molecule has 0 spiro atoms. The number of fused-ring (bicyclic) bond motifs is 1. The van der Waals surface area contributed by atoms with Gasteiger partial charge in [0.25, 0.3) is 0 Å². The van der Waals surface area contributed by atoms with Gasteiger partial charge in [0, 0.05) is 16.7 Å². The van der Waals surface area contributed by atoms with Gasteiger partial charge >= 0.3 is 5.97 Å². The molecule has 0 aliphatic carbocycles. The molecule has 1 aromatic rings. The second-order valence-corrected chi connectivity index (χ2v) is 4.34. The number of carbonyl (C=O) groups is 1. The number of hydrogen-bond donors (Lipinski definition) is 2. The molecule has 1 aliphatic heterocycles. The van der Waals surface area contributed by atoms with Crippen molar-refractivity contribution in [1.82, 2.24) is 0 Å². The van der Waals surface area contributed by atoms with E-state index in [-0.39, 0.29) is 5.92 Å². The van der Waals surface area contributed by atoms with Crippen LogP contribution in [-0.2, 0) is 11.2 Å². The molecule has 1 aromatic carbocycles. The van der Waals surface area contributed by atoms with Crippen LogP contribution in [0.1, 0.15) is 5.56 Å². The summed E-state index contributed by atoms with van der Waals surface area (Å²) in [7, 11) is 0. The molecular weight excluding hydrogens is 246 g/mol. The Morgan fingerprint density at radius 2 is 2.36 bits per heavy atom. The van der Waals surface area contributed by atoms with E-state index in [1.807, 2.05) is 18.2 Å². The number of benzene rings is 1. The zero-order valence-electron chi connectivity index (χ0n) is 7.46. The minimum atomic E-state index is -0.730. The Morgan fingerprint density at radius 3 is 3.07 bits per heavy atom. The topological polar surface area (TPSA) is 49.3 Å². The van der Waals surface area contributed by atoms with E-state index in [9.17, 15) is 4.79 Å². The third-order valence-corrected chi connectivity index (χ3v) is 2.92. The molecule has 0 radical (unpaired) electrons. The molecule has 0 aromatic heterocycles. The molecule has 0 saturated carbocycles. The molecular formula is C10H10BrNO2. The first-order valence-electron chi connectivity index (χ1n) is 4.42. The van der Waals surface area contributed by atoms with E-state index in [2.05, 4.69) is 21.2 Å². The van der Waals surface area contributed by atoms with Crippen molar-refractivity contribution < 1.29 is 9.90 Å². The van der Waals surface area contributed by atoms with Crippen molar-refractivity contribution in [3.05, 3.63) is 28.2 Å². The second-order valence-electron chi connectivity index (χ2n) is 3.42. The summed E-state index contributed by atoms with van der Waals surface area (Å²) in [5.41, 5.74) is 2.11. The van der Waals surface area contributed by atoms with Crippen LogP contribution in [0.5, 0.6) is 0 Å². The normalized spacial score (nSPS) is 19.6. The average Bonchev–Trinajstić information content (AvgIpc) is 2.16. The van der Waals surface area contributed by atoms with Crippen molar-refractivity contribution >= 4 is 27.6 Å². The predicted octanol–water partition coefficient (Wildman–Crippen LogP) is 2.12. The van der Waals surface area contributed by atoms with Crippen molar-refractivity contribution in [1.29, 1.82) is 0 Å². The predicted molar refractivity (Wildman–Crippen MR) is 57.5 cm³/mol. The smallest absolute Gasteiger partial charge is 0.308 e. The lowest BCUT2D eigenvalue weighted by atomic mass is 9.94. The van der Waals surface area contributed by atoms with Crippen LogP contribution < -0.4 is 5.32 Å². The van der Waals surface area contributed by atoms with E-state index < -0.39 is 5.97 Å². The van der Waals surface area contributed by atoms with Crippen LogP contribution in [0.4, 0.5) is 5.69 Å². The number of aliphatic carboxylic acids is 1. The van der Waals surface area contributed by atoms with Gasteiger partial charge in [-0.05, 0) is 24.1 Å². The fourth-order valence-corrected chi connectivity index (χ4v) is 2.00. The molecule has 0 bridgehead atoms. The lowest BCUT2D eigenvalue weighted by Crippen LogP contribution is -2.29. The maximum Gasteiger partial charge on any atom is 0.308 e. The summed E-state index contributed by atoms with van der Waals surface area (Å²) < 4.78 is 1.01. The summed E-state index contributed by atoms with van der Waals surface area (Å²) in [6.45, 7) is 0.513. The zero-order chi connectivity index (χ0) is 10.1. The van der Waals surface area contributed by atoms with Crippen LogP contribution in [0.2, 0.25) is 0 Å². The van der Waals surface area contributed by atoms with Gasteiger partial charge in [-0.15, -0.1) is 0 Å². The molecule has 1 aliphatic rings. The molecule has 1 heterocycles. The largest absolute Gasteiger partial charge is 0.481 e. The Morgan fingerprint density at radius 1 is 1.57 bits per heavy atom. The maximum atomic E-state index is 10.8. The molecule has 2 N–H and O–H groups in total. The minimum Gasteiger partial charge on any atom is -0.481 e. The quantitative estimate of drug-likeness (QED) is 0.809. The van der Waals surface area contributed by atoms with E-state index in [0.29, 0.717) is 13.0 Å². The van der Waals surface area contributed by atoms with Crippen molar-refractivity contribution in [3.8, 4) is 0 Å². The lowest BCUT2D eigenvalue weighted by molar-refractivity contribution is -0.141. The van der Waals surface area contributed by atoms with Gasteiger partial charge in [-0.2, -0.15) is 0 Å². The third-order valence-electron chi connectivity index (χ3n) is 2.43. The van der Waals surface area contributed by atoms with Gasteiger partial charge in [0.15, 0.2) is 0 Å². The molecule has 1 unspecified atom stereocenters. The van der Waals surface area contributed by atoms with Crippen LogP contribution >= 0.6 is 15.9 Å². The summed E-state index contributed by atoms with van der Waals surface area (Å²) >= 11 is 3.38. The van der Waals surface area contributed by atoms with Gasteiger partial charge in [-0.1, -0.05) is 22.0 Å². The number of nitrogens with one attached hydrogen (secondary N) is 1. The molecule has 3 nitrogen and oxygen atoms in total. The molecule has 0 saturated heterocycles. The van der Waals surface area contributed by atoms with E-state index in [0.717, 1.165) is 15.7 Å². The van der Waals surface area contributed by atoms with Gasteiger partial charge in [0.2, 0.25) is 0 Å². The molecule has 74 valence electrons. The average molecular weight is 256 g/mol. The highest BCUT2D eigenvalue weighted by molar-refractivity contribution is 9.10. The Hall–Kier alpha value is -1.03. The van der Waals surface area contributed by atoms with Crippen molar-refractivity contribution in [2.24, 2.45) is 5.92 Å². The number of carboxylic acids is 1. The summed E-state index contributed by atoms with van der Waals surface area (Å²) in [4.78, 5) is 10.8. The van der Waals surface area contributed by atoms with Gasteiger partial charge < -0.3 is 10.4 Å². The number of halogens is 1. The van der Waals surface area contributed by atoms with E-state index >= 15 is 0 Å². The van der Waals surface area contributed by atoms with Crippen molar-refractivity contribution in [3.63, 3.8) is 0 Å². The Labute approximate surface area is 90.3 Å². The molecule has 1 atom stereocenters. The Bertz CT molecular complexity index is 378. The van der Waals surface area contributed by atoms with Crippen molar-refractivity contribution in [2.75, 3.05) is 11.9 Å². The van der Waals surface area contributed by atoms with Crippen LogP contribution in [0, 0.1) is 5.92 Å². The highest BCUT2D eigenvalue weighted by Gasteiger charge is 2.23. The molecule has 0 fully saturated rings. The summed E-state index contributed by atoms with van der Waals surface area (Å²) in [5.74, 6) is -1.03. The van der Waals surface area contributed by atoms with Gasteiger partial charge in [0.1, 0.15) is 0 Å². The van der Waals surface area contributed by atoms with Crippen LogP contribution in [0.15, 0.2) is 22.7 Å². The van der Waals surface area contributed by atoms with Crippen LogP contribution in [0.3, 0.4) is 0 Å². The van der Waals surface area contributed by atoms with Gasteiger partial charge in [-0.3, -0.25) is 4.79 Å². The first-order chi connectivity index (χ1) is 6.66. The van der Waals surface area contributed by atoms with E-state index in [1.165, 1.54) is 0 Å². The van der Waals surface area contributed by atoms with Crippen LogP contribution in [-0.4, -0.2) is 17.6 Å². The maximum absolute atomic E-state index is 10.8. The number of hydrogen-bond acceptors (Lipinski definition) is 2. The second kappa shape index (κ2) is 3.61. The van der Waals surface area contributed by atoms with E-state index in [1.54, 1.807) is 0 Å². The minimum absolute atomic E-state index is 0.302. The first-order valence-corrected chi connectivity index (χ1v) is 5.21. The number of rotatable bonds is 1. The number of anilines is 1. The standard InChI is InChI=1S/C10H10BrNO2/c11-8-2-1-6-3-7(10(13)14)5-12-9(6)4-8/h1-2,4,7,12H,3,5H2,(H,13,14). The molecule has 4 heteroatoms. The SMILES string of the molecule is O=C(O)C1CNc2cc(Br)ccc2C1. The number of carboxylic acid groups (broad SMARTS) is 1. The molecule has 0 amide bonds. The van der Waals surface area contributed by atoms with Gasteiger partial charge in [-0.25, -0.2) is 0 Å². The summed E-state index contributed by atoms with van der Waals surface area (Å²) in [6.07, 6.45) is 0.616.